The Morgan fingerprint density at radius 3 is 2.69 bits per heavy atom. The highest BCUT2D eigenvalue weighted by molar-refractivity contribution is 7.99. The molecule has 0 saturated heterocycles. The van der Waals surface area contributed by atoms with Gasteiger partial charge in [0, 0.05) is 24.1 Å². The lowest BCUT2D eigenvalue weighted by Gasteiger charge is -2.09. The molecule has 0 aliphatic carbocycles. The molecule has 1 unspecified atom stereocenters. The number of rotatable bonds is 6. The zero-order chi connectivity index (χ0) is 12.1. The molecule has 0 aliphatic heterocycles. The van der Waals surface area contributed by atoms with E-state index in [0.717, 1.165) is 35.1 Å². The molecule has 16 heavy (non-hydrogen) atoms. The fourth-order valence-electron chi connectivity index (χ4n) is 1.44. The van der Waals surface area contributed by atoms with Crippen molar-refractivity contribution >= 4 is 23.4 Å². The normalized spacial score (nSPS) is 13.1. The standard InChI is InChI=1S/C11H20ClN3S/c1-4-9-11(12)10(15(5-2)14-9)7-16-8(3)6-13/h8H,4-7,13H2,1-3H3. The lowest BCUT2D eigenvalue weighted by Crippen LogP contribution is -2.13. The van der Waals surface area contributed by atoms with Gasteiger partial charge >= 0.3 is 0 Å². The number of hydrogen-bond acceptors (Lipinski definition) is 3. The predicted molar refractivity (Wildman–Crippen MR) is 72.1 cm³/mol. The molecule has 0 saturated carbocycles. The molecule has 3 nitrogen and oxygen atoms in total. The van der Waals surface area contributed by atoms with Crippen molar-refractivity contribution in [1.29, 1.82) is 0 Å². The summed E-state index contributed by atoms with van der Waals surface area (Å²) >= 11 is 8.13. The van der Waals surface area contributed by atoms with Crippen molar-refractivity contribution in [3.8, 4) is 0 Å². The van der Waals surface area contributed by atoms with Crippen LogP contribution in [0.1, 0.15) is 32.2 Å². The van der Waals surface area contributed by atoms with Gasteiger partial charge in [-0.05, 0) is 13.3 Å². The number of nitrogens with zero attached hydrogens (tertiary/aromatic N) is 2. The summed E-state index contributed by atoms with van der Waals surface area (Å²) in [5.41, 5.74) is 7.73. The molecule has 0 aliphatic rings. The van der Waals surface area contributed by atoms with Gasteiger partial charge in [-0.2, -0.15) is 16.9 Å². The fraction of sp³-hybridized carbons (Fsp3) is 0.727. The zero-order valence-corrected chi connectivity index (χ0v) is 11.7. The highest BCUT2D eigenvalue weighted by atomic mass is 35.5. The molecule has 0 radical (unpaired) electrons. The van der Waals surface area contributed by atoms with E-state index < -0.39 is 0 Å². The van der Waals surface area contributed by atoms with Gasteiger partial charge in [0.2, 0.25) is 0 Å². The molecule has 1 atom stereocenters. The van der Waals surface area contributed by atoms with E-state index in [1.165, 1.54) is 0 Å². The maximum absolute atomic E-state index is 6.31. The molecular formula is C11H20ClN3S. The van der Waals surface area contributed by atoms with E-state index in [4.69, 9.17) is 17.3 Å². The van der Waals surface area contributed by atoms with Crippen molar-refractivity contribution in [2.45, 2.75) is 44.7 Å². The van der Waals surface area contributed by atoms with Crippen molar-refractivity contribution in [3.05, 3.63) is 16.4 Å². The van der Waals surface area contributed by atoms with Crippen LogP contribution in [0.15, 0.2) is 0 Å². The van der Waals surface area contributed by atoms with Crippen LogP contribution in [0, 0.1) is 0 Å². The first-order valence-electron chi connectivity index (χ1n) is 5.69. The largest absolute Gasteiger partial charge is 0.329 e. The Balaban J connectivity index is 2.80. The summed E-state index contributed by atoms with van der Waals surface area (Å²) in [5, 5.41) is 5.78. The molecule has 1 rings (SSSR count). The van der Waals surface area contributed by atoms with Crippen LogP contribution in [0.3, 0.4) is 0 Å². The Bertz CT molecular complexity index is 338. The van der Waals surface area contributed by atoms with Crippen LogP contribution in [0.25, 0.3) is 0 Å². The SMILES string of the molecule is CCc1nn(CC)c(CSC(C)CN)c1Cl. The van der Waals surface area contributed by atoms with Gasteiger partial charge in [-0.25, -0.2) is 0 Å². The van der Waals surface area contributed by atoms with Crippen LogP contribution in [0.5, 0.6) is 0 Å². The molecule has 0 aromatic carbocycles. The molecule has 1 aromatic rings. The molecule has 0 amide bonds. The Morgan fingerprint density at radius 2 is 2.19 bits per heavy atom. The second kappa shape index (κ2) is 6.52. The highest BCUT2D eigenvalue weighted by Gasteiger charge is 2.14. The minimum atomic E-state index is 0.460. The molecule has 1 heterocycles. The highest BCUT2D eigenvalue weighted by Crippen LogP contribution is 2.26. The van der Waals surface area contributed by atoms with Gasteiger partial charge in [0.15, 0.2) is 0 Å². The number of aromatic nitrogens is 2. The number of hydrogen-bond donors (Lipinski definition) is 1. The average molecular weight is 262 g/mol. The fourth-order valence-corrected chi connectivity index (χ4v) is 2.73. The van der Waals surface area contributed by atoms with E-state index >= 15 is 0 Å². The van der Waals surface area contributed by atoms with Crippen molar-refractivity contribution in [2.75, 3.05) is 6.54 Å². The van der Waals surface area contributed by atoms with Gasteiger partial charge in [0.1, 0.15) is 0 Å². The third-order valence-corrected chi connectivity index (χ3v) is 4.17. The Kier molecular flexibility index (Phi) is 5.66. The molecule has 0 fully saturated rings. The minimum absolute atomic E-state index is 0.460. The first-order chi connectivity index (χ1) is 7.63. The van der Waals surface area contributed by atoms with Gasteiger partial charge in [-0.15, -0.1) is 0 Å². The second-order valence-corrected chi connectivity index (χ2v) is 5.54. The minimum Gasteiger partial charge on any atom is -0.329 e. The van der Waals surface area contributed by atoms with Gasteiger partial charge in [0.25, 0.3) is 0 Å². The number of nitrogens with two attached hydrogens (primary N) is 1. The maximum Gasteiger partial charge on any atom is 0.0858 e. The summed E-state index contributed by atoms with van der Waals surface area (Å²) < 4.78 is 2.00. The second-order valence-electron chi connectivity index (χ2n) is 3.73. The van der Waals surface area contributed by atoms with Gasteiger partial charge in [-0.3, -0.25) is 4.68 Å². The first kappa shape index (κ1) is 13.9. The van der Waals surface area contributed by atoms with Crippen LogP contribution in [-0.4, -0.2) is 21.6 Å². The molecule has 1 aromatic heterocycles. The van der Waals surface area contributed by atoms with Crippen molar-refractivity contribution < 1.29 is 0 Å². The van der Waals surface area contributed by atoms with E-state index in [-0.39, 0.29) is 0 Å². The molecular weight excluding hydrogens is 242 g/mol. The van der Waals surface area contributed by atoms with Crippen molar-refractivity contribution in [2.24, 2.45) is 5.73 Å². The van der Waals surface area contributed by atoms with Gasteiger partial charge in [-0.1, -0.05) is 25.4 Å². The summed E-state index contributed by atoms with van der Waals surface area (Å²) in [6, 6.07) is 0. The van der Waals surface area contributed by atoms with Crippen molar-refractivity contribution in [1.82, 2.24) is 9.78 Å². The molecule has 5 heteroatoms. The zero-order valence-electron chi connectivity index (χ0n) is 10.2. The van der Waals surface area contributed by atoms with Crippen LogP contribution >= 0.6 is 23.4 Å². The van der Waals surface area contributed by atoms with E-state index in [1.807, 2.05) is 16.4 Å². The van der Waals surface area contributed by atoms with Crippen LogP contribution in [-0.2, 0) is 18.7 Å². The Labute approximate surface area is 107 Å². The van der Waals surface area contributed by atoms with E-state index in [9.17, 15) is 0 Å². The monoisotopic (exact) mass is 261 g/mol. The topological polar surface area (TPSA) is 43.8 Å². The van der Waals surface area contributed by atoms with Gasteiger partial charge < -0.3 is 5.73 Å². The maximum atomic E-state index is 6.31. The molecule has 2 N–H and O–H groups in total. The van der Waals surface area contributed by atoms with Crippen LogP contribution in [0.4, 0.5) is 0 Å². The summed E-state index contributed by atoms with van der Waals surface area (Å²) in [4.78, 5) is 0. The predicted octanol–water partition coefficient (Wildman–Crippen LogP) is 2.70. The quantitative estimate of drug-likeness (QED) is 0.856. The van der Waals surface area contributed by atoms with Crippen LogP contribution in [0.2, 0.25) is 5.02 Å². The first-order valence-corrected chi connectivity index (χ1v) is 7.12. The van der Waals surface area contributed by atoms with Crippen molar-refractivity contribution in [3.63, 3.8) is 0 Å². The molecule has 0 bridgehead atoms. The van der Waals surface area contributed by atoms with E-state index in [0.29, 0.717) is 11.8 Å². The number of halogens is 1. The summed E-state index contributed by atoms with van der Waals surface area (Å²) in [7, 11) is 0. The summed E-state index contributed by atoms with van der Waals surface area (Å²) in [6.45, 7) is 7.86. The van der Waals surface area contributed by atoms with Gasteiger partial charge in [0.05, 0.1) is 16.4 Å². The molecule has 92 valence electrons. The number of aryl methyl sites for hydroxylation is 2. The third-order valence-electron chi connectivity index (χ3n) is 2.53. The van der Waals surface area contributed by atoms with E-state index in [1.54, 1.807) is 0 Å². The third kappa shape index (κ3) is 3.15. The average Bonchev–Trinajstić information content (AvgIpc) is 2.62. The Morgan fingerprint density at radius 1 is 1.50 bits per heavy atom. The molecule has 0 spiro atoms. The Hall–Kier alpha value is -0.190. The van der Waals surface area contributed by atoms with E-state index in [2.05, 4.69) is 25.9 Å². The smallest absolute Gasteiger partial charge is 0.0858 e. The lowest BCUT2D eigenvalue weighted by atomic mass is 10.3. The summed E-state index contributed by atoms with van der Waals surface area (Å²) in [5.74, 6) is 0.887. The number of thioether (sulfide) groups is 1. The lowest BCUT2D eigenvalue weighted by molar-refractivity contribution is 0.627. The van der Waals surface area contributed by atoms with Crippen LogP contribution < -0.4 is 5.73 Å². The summed E-state index contributed by atoms with van der Waals surface area (Å²) in [6.07, 6.45) is 0.885.